The first-order chi connectivity index (χ1) is 8.53. The average molecular weight is 285 g/mol. The summed E-state index contributed by atoms with van der Waals surface area (Å²) in [7, 11) is -4.00. The molecule has 1 amide bonds. The molecule has 2 heterocycles. The number of amides is 1. The highest BCUT2D eigenvalue weighted by atomic mass is 32.2. The Bertz CT molecular complexity index is 571. The van der Waals surface area contributed by atoms with E-state index >= 15 is 0 Å². The van der Waals surface area contributed by atoms with Gasteiger partial charge in [0, 0.05) is 24.7 Å². The van der Waals surface area contributed by atoms with Crippen molar-refractivity contribution >= 4 is 32.8 Å². The molecule has 0 unspecified atom stereocenters. The van der Waals surface area contributed by atoms with Crippen LogP contribution >= 0.6 is 11.8 Å². The van der Waals surface area contributed by atoms with Gasteiger partial charge < -0.3 is 0 Å². The minimum absolute atomic E-state index is 0.0329. The lowest BCUT2D eigenvalue weighted by Crippen LogP contribution is -2.39. The average Bonchev–Trinajstić information content (AvgIpc) is 2.54. The van der Waals surface area contributed by atoms with Crippen molar-refractivity contribution in [1.29, 1.82) is 0 Å². The summed E-state index contributed by atoms with van der Waals surface area (Å²) < 4.78 is 25.0. The molecule has 1 saturated heterocycles. The highest BCUT2D eigenvalue weighted by Gasteiger charge is 2.35. The van der Waals surface area contributed by atoms with Crippen molar-refractivity contribution in [3.05, 3.63) is 30.3 Å². The van der Waals surface area contributed by atoms with E-state index in [0.717, 1.165) is 18.0 Å². The summed E-state index contributed by atoms with van der Waals surface area (Å²) in [6, 6.07) is 2.79. The van der Waals surface area contributed by atoms with Crippen LogP contribution in [0.1, 0.15) is 6.42 Å². The lowest BCUT2D eigenvalue weighted by Gasteiger charge is -2.18. The minimum Gasteiger partial charge on any atom is -0.276 e. The van der Waals surface area contributed by atoms with Gasteiger partial charge in [0.1, 0.15) is 4.90 Å². The van der Waals surface area contributed by atoms with Crippen molar-refractivity contribution in [3.63, 3.8) is 0 Å². The van der Waals surface area contributed by atoms with Crippen LogP contribution < -0.4 is 0 Å². The fourth-order valence-electron chi connectivity index (χ4n) is 1.41. The third-order valence-corrected chi connectivity index (χ3v) is 4.82. The van der Waals surface area contributed by atoms with Gasteiger partial charge in [0.25, 0.3) is 15.1 Å². The SMILES string of the molecule is O=C1S[CH]CCN(S(=O)(=O)c2cccnc2)C1=O. The van der Waals surface area contributed by atoms with E-state index in [1.54, 1.807) is 0 Å². The summed E-state index contributed by atoms with van der Waals surface area (Å²) in [5.74, 6) is 0.511. The van der Waals surface area contributed by atoms with E-state index in [2.05, 4.69) is 4.98 Å². The molecule has 0 aliphatic carbocycles. The Kier molecular flexibility index (Phi) is 3.67. The molecule has 18 heavy (non-hydrogen) atoms. The largest absolute Gasteiger partial charge is 0.314 e. The summed E-state index contributed by atoms with van der Waals surface area (Å²) in [6.45, 7) is -0.0329. The molecule has 0 spiro atoms. The first-order valence-electron chi connectivity index (χ1n) is 5.03. The van der Waals surface area contributed by atoms with Crippen molar-refractivity contribution < 1.29 is 18.0 Å². The number of carbonyl (C=O) groups is 2. The maximum absolute atomic E-state index is 12.2. The highest BCUT2D eigenvalue weighted by molar-refractivity contribution is 8.17. The van der Waals surface area contributed by atoms with E-state index in [4.69, 9.17) is 0 Å². The van der Waals surface area contributed by atoms with Crippen molar-refractivity contribution in [2.45, 2.75) is 11.3 Å². The molecule has 8 heteroatoms. The molecule has 2 rings (SSSR count). The van der Waals surface area contributed by atoms with Gasteiger partial charge in [0.05, 0.1) is 0 Å². The summed E-state index contributed by atoms with van der Waals surface area (Å²) in [6.07, 6.45) is 2.91. The lowest BCUT2D eigenvalue weighted by atomic mass is 10.5. The van der Waals surface area contributed by atoms with Gasteiger partial charge in [-0.15, -0.1) is 0 Å². The first-order valence-corrected chi connectivity index (χ1v) is 7.35. The lowest BCUT2D eigenvalue weighted by molar-refractivity contribution is -0.136. The zero-order valence-electron chi connectivity index (χ0n) is 9.14. The summed E-state index contributed by atoms with van der Waals surface area (Å²) in [5, 5.41) is -0.792. The summed E-state index contributed by atoms with van der Waals surface area (Å²) in [4.78, 5) is 26.7. The van der Waals surface area contributed by atoms with Gasteiger partial charge in [0.15, 0.2) is 0 Å². The van der Waals surface area contributed by atoms with Crippen LogP contribution in [0.4, 0.5) is 0 Å². The maximum atomic E-state index is 12.2. The van der Waals surface area contributed by atoms with E-state index in [1.165, 1.54) is 24.1 Å². The molecule has 0 saturated carbocycles. The Morgan fingerprint density at radius 2 is 2.11 bits per heavy atom. The van der Waals surface area contributed by atoms with Gasteiger partial charge in [-0.3, -0.25) is 14.6 Å². The van der Waals surface area contributed by atoms with Crippen molar-refractivity contribution in [1.82, 2.24) is 9.29 Å². The molecular weight excluding hydrogens is 276 g/mol. The Morgan fingerprint density at radius 1 is 1.33 bits per heavy atom. The fourth-order valence-corrected chi connectivity index (χ4v) is 3.40. The van der Waals surface area contributed by atoms with E-state index in [-0.39, 0.29) is 11.4 Å². The van der Waals surface area contributed by atoms with E-state index in [9.17, 15) is 18.0 Å². The molecule has 0 bridgehead atoms. The molecule has 95 valence electrons. The number of thioether (sulfide) groups is 1. The second kappa shape index (κ2) is 5.07. The van der Waals surface area contributed by atoms with Crippen LogP contribution in [0.25, 0.3) is 0 Å². The van der Waals surface area contributed by atoms with Crippen LogP contribution in [0.15, 0.2) is 29.4 Å². The second-order valence-electron chi connectivity index (χ2n) is 3.43. The molecule has 0 atom stereocenters. The van der Waals surface area contributed by atoms with Crippen molar-refractivity contribution in [2.24, 2.45) is 0 Å². The number of hydrogen-bond donors (Lipinski definition) is 0. The van der Waals surface area contributed by atoms with Gasteiger partial charge >= 0.3 is 5.91 Å². The first kappa shape index (κ1) is 13.0. The van der Waals surface area contributed by atoms with Crippen LogP contribution in [0.2, 0.25) is 0 Å². The Morgan fingerprint density at radius 3 is 2.78 bits per heavy atom. The monoisotopic (exact) mass is 285 g/mol. The van der Waals surface area contributed by atoms with Gasteiger partial charge in [-0.2, -0.15) is 0 Å². The number of rotatable bonds is 2. The molecule has 1 fully saturated rings. The van der Waals surface area contributed by atoms with E-state index in [1.807, 2.05) is 0 Å². The van der Waals surface area contributed by atoms with E-state index in [0.29, 0.717) is 10.7 Å². The topological polar surface area (TPSA) is 84.4 Å². The van der Waals surface area contributed by atoms with Gasteiger partial charge in [0.2, 0.25) is 0 Å². The maximum Gasteiger partial charge on any atom is 0.314 e. The van der Waals surface area contributed by atoms with Gasteiger partial charge in [-0.1, -0.05) is 11.8 Å². The molecule has 0 N–H and O–H groups in total. The Hall–Kier alpha value is -1.41. The molecule has 1 radical (unpaired) electrons. The molecule has 6 nitrogen and oxygen atoms in total. The number of carbonyl (C=O) groups excluding carboxylic acids is 2. The zero-order valence-corrected chi connectivity index (χ0v) is 10.8. The number of nitrogens with zero attached hydrogens (tertiary/aromatic N) is 2. The third-order valence-electron chi connectivity index (χ3n) is 2.26. The third kappa shape index (κ3) is 2.39. The van der Waals surface area contributed by atoms with Gasteiger partial charge in [-0.05, 0) is 18.6 Å². The zero-order chi connectivity index (χ0) is 13.2. The highest BCUT2D eigenvalue weighted by Crippen LogP contribution is 2.23. The normalized spacial score (nSPS) is 17.7. The smallest absolute Gasteiger partial charge is 0.276 e. The van der Waals surface area contributed by atoms with Crippen molar-refractivity contribution in [2.75, 3.05) is 6.54 Å². The predicted octanol–water partition coefficient (Wildman–Crippen LogP) is 0.424. The summed E-state index contributed by atoms with van der Waals surface area (Å²) in [5.41, 5.74) is 0. The fraction of sp³-hybridized carbons (Fsp3) is 0.200. The second-order valence-corrected chi connectivity index (χ2v) is 6.23. The standard InChI is InChI=1S/C10H9N2O4S2/c13-9-10(14)17-6-2-5-12(9)18(15,16)8-3-1-4-11-7-8/h1,3-4,6-7H,2,5H2. The Balaban J connectivity index is 2.40. The number of pyridine rings is 1. The van der Waals surface area contributed by atoms with E-state index < -0.39 is 21.0 Å². The number of sulfonamides is 1. The quantitative estimate of drug-likeness (QED) is 0.732. The molecule has 1 aromatic rings. The van der Waals surface area contributed by atoms with Crippen molar-refractivity contribution in [3.8, 4) is 0 Å². The molecule has 1 aliphatic heterocycles. The summed E-state index contributed by atoms with van der Waals surface area (Å²) >= 11 is 0.727. The predicted molar refractivity (Wildman–Crippen MR) is 64.7 cm³/mol. The van der Waals surface area contributed by atoms with Crippen LogP contribution in [0.5, 0.6) is 0 Å². The van der Waals surface area contributed by atoms with Crippen LogP contribution in [0, 0.1) is 5.75 Å². The Labute approximate surface area is 108 Å². The molecule has 0 aromatic carbocycles. The molecule has 1 aromatic heterocycles. The molecule has 1 aliphatic rings. The van der Waals surface area contributed by atoms with Gasteiger partial charge in [-0.25, -0.2) is 12.7 Å². The number of aromatic nitrogens is 1. The number of hydrogen-bond acceptors (Lipinski definition) is 6. The van der Waals surface area contributed by atoms with Crippen LogP contribution in [0.3, 0.4) is 0 Å². The van der Waals surface area contributed by atoms with Crippen LogP contribution in [-0.4, -0.2) is 35.3 Å². The van der Waals surface area contributed by atoms with Crippen LogP contribution in [-0.2, 0) is 19.6 Å². The molecular formula is C10H9N2O4S2. The minimum atomic E-state index is -4.00.